The van der Waals surface area contributed by atoms with Crippen molar-refractivity contribution in [2.45, 2.75) is 39.3 Å². The molecule has 1 fully saturated rings. The Bertz CT molecular complexity index is 1490. The molecule has 38 heavy (non-hydrogen) atoms. The quantitative estimate of drug-likeness (QED) is 0.262. The molecule has 6 nitrogen and oxygen atoms in total. The molecule has 0 saturated carbocycles. The number of amides is 1. The number of carbonyl (C=O) groups excluding carboxylic acids is 1. The second-order valence-corrected chi connectivity index (χ2v) is 10.3. The predicted octanol–water partition coefficient (Wildman–Crippen LogP) is 6.45. The van der Waals surface area contributed by atoms with Crippen molar-refractivity contribution in [3.05, 3.63) is 112 Å². The largest absolute Gasteiger partial charge is 0.352 e. The summed E-state index contributed by atoms with van der Waals surface area (Å²) in [5, 5.41) is 7.82. The SMILES string of the molecule is Cc1ccccc1NC(=O)CCN1C(=S)N[C@@H](c2ccccn2)[C@@H]1c1cc(C)n(-c2ccccc2Cl)c1C. The van der Waals surface area contributed by atoms with Gasteiger partial charge in [-0.1, -0.05) is 48.0 Å². The number of rotatable bonds is 7. The molecule has 0 aliphatic carbocycles. The van der Waals surface area contributed by atoms with E-state index in [4.69, 9.17) is 23.8 Å². The van der Waals surface area contributed by atoms with Crippen LogP contribution in [0.25, 0.3) is 5.69 Å². The number of para-hydroxylation sites is 2. The van der Waals surface area contributed by atoms with E-state index in [-0.39, 0.29) is 18.0 Å². The van der Waals surface area contributed by atoms with Gasteiger partial charge in [-0.15, -0.1) is 0 Å². The lowest BCUT2D eigenvalue weighted by molar-refractivity contribution is -0.116. The van der Waals surface area contributed by atoms with Crippen molar-refractivity contribution in [2.75, 3.05) is 11.9 Å². The van der Waals surface area contributed by atoms with Gasteiger partial charge in [0, 0.05) is 36.2 Å². The van der Waals surface area contributed by atoms with Crippen LogP contribution in [0.1, 0.15) is 46.7 Å². The van der Waals surface area contributed by atoms with Crippen LogP contribution >= 0.6 is 23.8 Å². The molecule has 0 unspecified atom stereocenters. The summed E-state index contributed by atoms with van der Waals surface area (Å²) in [6, 6.07) is 23.4. The molecule has 1 saturated heterocycles. The normalized spacial score (nSPS) is 16.9. The van der Waals surface area contributed by atoms with Gasteiger partial charge < -0.3 is 20.1 Å². The van der Waals surface area contributed by atoms with Gasteiger partial charge in [0.15, 0.2) is 5.11 Å². The highest BCUT2D eigenvalue weighted by atomic mass is 35.5. The molecule has 5 rings (SSSR count). The molecule has 2 aromatic carbocycles. The van der Waals surface area contributed by atoms with Crippen LogP contribution < -0.4 is 10.6 Å². The number of nitrogens with one attached hydrogen (secondary N) is 2. The fourth-order valence-electron chi connectivity index (χ4n) is 5.22. The summed E-state index contributed by atoms with van der Waals surface area (Å²) >= 11 is 12.4. The monoisotopic (exact) mass is 543 g/mol. The van der Waals surface area contributed by atoms with Gasteiger partial charge in [0.25, 0.3) is 0 Å². The Morgan fingerprint density at radius 1 is 1.05 bits per heavy atom. The first kappa shape index (κ1) is 25.9. The number of thiocarbonyl (C=S) groups is 1. The summed E-state index contributed by atoms with van der Waals surface area (Å²) in [6.45, 7) is 6.63. The number of aromatic nitrogens is 2. The Kier molecular flexibility index (Phi) is 7.49. The molecule has 4 aromatic rings. The highest BCUT2D eigenvalue weighted by molar-refractivity contribution is 7.80. The maximum atomic E-state index is 12.9. The number of nitrogens with zero attached hydrogens (tertiary/aromatic N) is 3. The molecular formula is C30H30ClN5OS. The highest BCUT2D eigenvalue weighted by Gasteiger charge is 2.41. The molecule has 0 bridgehead atoms. The second-order valence-electron chi connectivity index (χ2n) is 9.55. The molecule has 1 amide bonds. The van der Waals surface area contributed by atoms with Gasteiger partial charge in [-0.25, -0.2) is 0 Å². The molecule has 3 heterocycles. The molecule has 0 spiro atoms. The van der Waals surface area contributed by atoms with Crippen molar-refractivity contribution < 1.29 is 4.79 Å². The average Bonchev–Trinajstić information content (AvgIpc) is 3.39. The van der Waals surface area contributed by atoms with E-state index >= 15 is 0 Å². The third-order valence-corrected chi connectivity index (χ3v) is 7.75. The van der Waals surface area contributed by atoms with Crippen LogP contribution in [0.2, 0.25) is 5.02 Å². The number of anilines is 1. The fraction of sp³-hybridized carbons (Fsp3) is 0.233. The van der Waals surface area contributed by atoms with Crippen molar-refractivity contribution in [3.8, 4) is 5.69 Å². The standard InChI is InChI=1S/C30H30ClN5OS/c1-19-10-4-6-12-24(19)33-27(37)15-17-35-29(28(34-30(35)38)25-13-8-9-16-32-25)22-18-20(2)36(21(22)3)26-14-7-5-11-23(26)31/h4-14,16,18,28-29H,15,17H2,1-3H3,(H,33,37)(H,34,38)/t28-,29-/m0/s1. The zero-order valence-electron chi connectivity index (χ0n) is 21.6. The zero-order valence-corrected chi connectivity index (χ0v) is 23.2. The molecule has 8 heteroatoms. The summed E-state index contributed by atoms with van der Waals surface area (Å²) in [5.74, 6) is -0.0522. The van der Waals surface area contributed by atoms with Crippen LogP contribution in [-0.2, 0) is 4.79 Å². The first-order chi connectivity index (χ1) is 18.3. The first-order valence-corrected chi connectivity index (χ1v) is 13.4. The topological polar surface area (TPSA) is 62.2 Å². The molecule has 2 aromatic heterocycles. The van der Waals surface area contributed by atoms with Crippen LogP contribution in [0, 0.1) is 20.8 Å². The van der Waals surface area contributed by atoms with Gasteiger partial charge in [0.2, 0.25) is 5.91 Å². The smallest absolute Gasteiger partial charge is 0.226 e. The summed E-state index contributed by atoms with van der Waals surface area (Å²) in [5.41, 5.74) is 6.94. The van der Waals surface area contributed by atoms with E-state index in [9.17, 15) is 4.79 Å². The van der Waals surface area contributed by atoms with Gasteiger partial charge >= 0.3 is 0 Å². The fourth-order valence-corrected chi connectivity index (χ4v) is 5.78. The van der Waals surface area contributed by atoms with Crippen LogP contribution in [0.15, 0.2) is 79.0 Å². The molecule has 0 radical (unpaired) electrons. The molecule has 1 aliphatic rings. The summed E-state index contributed by atoms with van der Waals surface area (Å²) in [7, 11) is 0. The predicted molar refractivity (Wildman–Crippen MR) is 157 cm³/mol. The van der Waals surface area contributed by atoms with E-state index in [0.29, 0.717) is 23.1 Å². The lowest BCUT2D eigenvalue weighted by atomic mass is 9.96. The Morgan fingerprint density at radius 3 is 2.53 bits per heavy atom. The van der Waals surface area contributed by atoms with Crippen molar-refractivity contribution in [3.63, 3.8) is 0 Å². The highest BCUT2D eigenvalue weighted by Crippen LogP contribution is 2.42. The van der Waals surface area contributed by atoms with Crippen molar-refractivity contribution in [1.29, 1.82) is 0 Å². The molecule has 1 aliphatic heterocycles. The molecule has 2 atom stereocenters. The van der Waals surface area contributed by atoms with Gasteiger partial charge in [0.05, 0.1) is 28.5 Å². The Morgan fingerprint density at radius 2 is 1.79 bits per heavy atom. The van der Waals surface area contributed by atoms with E-state index in [1.165, 1.54) is 0 Å². The second kappa shape index (κ2) is 11.0. The van der Waals surface area contributed by atoms with Crippen LogP contribution in [0.3, 0.4) is 0 Å². The summed E-state index contributed by atoms with van der Waals surface area (Å²) in [4.78, 5) is 19.7. The third kappa shape index (κ3) is 5.04. The first-order valence-electron chi connectivity index (χ1n) is 12.6. The Balaban J connectivity index is 1.48. The summed E-state index contributed by atoms with van der Waals surface area (Å²) < 4.78 is 2.18. The number of hydrogen-bond acceptors (Lipinski definition) is 3. The molecule has 2 N–H and O–H groups in total. The molecular weight excluding hydrogens is 514 g/mol. The van der Waals surface area contributed by atoms with E-state index in [2.05, 4.69) is 45.0 Å². The van der Waals surface area contributed by atoms with Crippen LogP contribution in [0.4, 0.5) is 5.69 Å². The zero-order chi connectivity index (χ0) is 26.8. The van der Waals surface area contributed by atoms with Gasteiger partial charge in [-0.3, -0.25) is 9.78 Å². The Hall–Kier alpha value is -3.68. The van der Waals surface area contributed by atoms with Gasteiger partial charge in [-0.05, 0) is 80.5 Å². The van der Waals surface area contributed by atoms with Gasteiger partial charge in [0.1, 0.15) is 0 Å². The van der Waals surface area contributed by atoms with Gasteiger partial charge in [-0.2, -0.15) is 0 Å². The third-order valence-electron chi connectivity index (χ3n) is 7.08. The van der Waals surface area contributed by atoms with Crippen molar-refractivity contribution in [1.82, 2.24) is 19.8 Å². The number of carbonyl (C=O) groups is 1. The van der Waals surface area contributed by atoms with E-state index in [1.807, 2.05) is 73.7 Å². The lowest BCUT2D eigenvalue weighted by Gasteiger charge is -2.28. The maximum Gasteiger partial charge on any atom is 0.226 e. The number of hydrogen-bond donors (Lipinski definition) is 2. The number of benzene rings is 2. The number of aryl methyl sites for hydroxylation is 2. The lowest BCUT2D eigenvalue weighted by Crippen LogP contribution is -2.33. The van der Waals surface area contributed by atoms with Crippen molar-refractivity contribution >= 4 is 40.5 Å². The Labute approximate surface area is 233 Å². The minimum Gasteiger partial charge on any atom is -0.352 e. The van der Waals surface area contributed by atoms with E-state index in [1.54, 1.807) is 6.20 Å². The average molecular weight is 544 g/mol. The minimum absolute atomic E-state index is 0.0522. The van der Waals surface area contributed by atoms with Crippen LogP contribution in [0.5, 0.6) is 0 Å². The number of halogens is 1. The van der Waals surface area contributed by atoms with E-state index in [0.717, 1.165) is 39.6 Å². The number of pyridine rings is 1. The van der Waals surface area contributed by atoms with Crippen LogP contribution in [-0.4, -0.2) is 32.0 Å². The minimum atomic E-state index is -0.164. The molecule has 194 valence electrons. The van der Waals surface area contributed by atoms with Crippen molar-refractivity contribution in [2.24, 2.45) is 0 Å². The van der Waals surface area contributed by atoms with E-state index < -0.39 is 0 Å². The maximum absolute atomic E-state index is 12.9. The summed E-state index contributed by atoms with van der Waals surface area (Å²) in [6.07, 6.45) is 2.09.